The first kappa shape index (κ1) is 43.7. The van der Waals surface area contributed by atoms with E-state index in [4.69, 9.17) is 19.5 Å². The number of rotatable bonds is 22. The summed E-state index contributed by atoms with van der Waals surface area (Å²) in [6, 6.07) is 21.1. The highest BCUT2D eigenvalue weighted by Crippen LogP contribution is 2.41. The predicted molar refractivity (Wildman–Crippen MR) is 213 cm³/mol. The summed E-state index contributed by atoms with van der Waals surface area (Å²) in [6.07, 6.45) is 2.15. The van der Waals surface area contributed by atoms with Crippen molar-refractivity contribution in [3.8, 4) is 28.3 Å². The van der Waals surface area contributed by atoms with Gasteiger partial charge >= 0.3 is 13.6 Å². The summed E-state index contributed by atoms with van der Waals surface area (Å²) >= 11 is 0. The fourth-order valence-corrected chi connectivity index (χ4v) is 6.69. The molecule has 0 radical (unpaired) electrons. The van der Waals surface area contributed by atoms with E-state index in [0.717, 1.165) is 41.9 Å². The number of nitrogens with one attached hydrogen (secondary N) is 2. The van der Waals surface area contributed by atoms with E-state index in [9.17, 15) is 28.8 Å². The average Bonchev–Trinajstić information content (AvgIpc) is 3.61. The van der Waals surface area contributed by atoms with Crippen LogP contribution in [0.25, 0.3) is 22.5 Å². The standard InChI is InChI=1S/C40H49N6O11P/c1-58(53,54)57-26-30(47)25-55-23-9-20-41-35(48)14-3-2-8-22-46-39-32-11-5-4-10-29(32)24-45(34-13-7-6-12-33(34)38(39)43-44-46)37(50)19-21-42-36(49)27-56-31-17-15-28(16-18-31)40(51)52/h4-7,10-13,15-18,30,47H,2-3,8-9,14,19-27H2,1H3,(H,41,48)(H,42,49)(H,51,52)(H,53,54). The third-order valence-electron chi connectivity index (χ3n) is 9.10. The molecule has 4 aromatic rings. The number of aryl methyl sites for hydroxylation is 1. The van der Waals surface area contributed by atoms with Crippen molar-refractivity contribution >= 4 is 37.0 Å². The zero-order valence-corrected chi connectivity index (χ0v) is 33.1. The number of carbonyl (C=O) groups excluding carboxylic acids is 3. The zero-order chi connectivity index (χ0) is 41.5. The number of ether oxygens (including phenoxy) is 2. The lowest BCUT2D eigenvalue weighted by Gasteiger charge is -2.28. The van der Waals surface area contributed by atoms with Gasteiger partial charge in [-0.2, -0.15) is 0 Å². The lowest BCUT2D eigenvalue weighted by atomic mass is 9.95. The van der Waals surface area contributed by atoms with Gasteiger partial charge in [-0.1, -0.05) is 54.1 Å². The Bertz CT molecular complexity index is 2070. The van der Waals surface area contributed by atoms with E-state index in [1.54, 1.807) is 4.90 Å². The number of amides is 3. The molecule has 58 heavy (non-hydrogen) atoms. The Hall–Kier alpha value is -5.45. The molecule has 2 unspecified atom stereocenters. The Kier molecular flexibility index (Phi) is 16.1. The van der Waals surface area contributed by atoms with Gasteiger partial charge < -0.3 is 44.6 Å². The number of anilines is 1. The van der Waals surface area contributed by atoms with Crippen LogP contribution in [0.5, 0.6) is 5.75 Å². The molecule has 1 aliphatic heterocycles. The molecule has 3 amide bonds. The van der Waals surface area contributed by atoms with Gasteiger partial charge in [0.1, 0.15) is 17.5 Å². The summed E-state index contributed by atoms with van der Waals surface area (Å²) in [5, 5.41) is 33.5. The van der Waals surface area contributed by atoms with Crippen LogP contribution in [0, 0.1) is 0 Å². The largest absolute Gasteiger partial charge is 0.484 e. The van der Waals surface area contributed by atoms with Gasteiger partial charge in [-0.3, -0.25) is 18.9 Å². The molecule has 0 aliphatic carbocycles. The first-order valence-corrected chi connectivity index (χ1v) is 21.0. The van der Waals surface area contributed by atoms with Gasteiger partial charge in [0.25, 0.3) is 5.91 Å². The van der Waals surface area contributed by atoms with Crippen molar-refractivity contribution < 1.29 is 52.8 Å². The minimum atomic E-state index is -3.66. The molecular formula is C40H49N6O11P. The van der Waals surface area contributed by atoms with Gasteiger partial charge in [-0.15, -0.1) is 5.10 Å². The lowest BCUT2D eigenvalue weighted by molar-refractivity contribution is -0.123. The van der Waals surface area contributed by atoms with Crippen LogP contribution in [0.4, 0.5) is 5.69 Å². The van der Waals surface area contributed by atoms with Crippen LogP contribution in [-0.4, -0.2) is 106 Å². The molecule has 5 N–H and O–H groups in total. The van der Waals surface area contributed by atoms with E-state index >= 15 is 0 Å². The highest BCUT2D eigenvalue weighted by atomic mass is 31.2. The summed E-state index contributed by atoms with van der Waals surface area (Å²) < 4.78 is 28.5. The van der Waals surface area contributed by atoms with E-state index in [-0.39, 0.29) is 56.7 Å². The van der Waals surface area contributed by atoms with E-state index in [1.807, 2.05) is 53.2 Å². The van der Waals surface area contributed by atoms with Crippen LogP contribution in [0.2, 0.25) is 0 Å². The van der Waals surface area contributed by atoms with Crippen molar-refractivity contribution in [2.75, 3.05) is 51.1 Å². The third kappa shape index (κ3) is 13.0. The molecule has 0 saturated heterocycles. The van der Waals surface area contributed by atoms with Gasteiger partial charge in [0.15, 0.2) is 6.61 Å². The number of nitrogens with zero attached hydrogens (tertiary/aromatic N) is 4. The van der Waals surface area contributed by atoms with Crippen molar-refractivity contribution in [1.29, 1.82) is 0 Å². The van der Waals surface area contributed by atoms with E-state index in [1.165, 1.54) is 24.3 Å². The van der Waals surface area contributed by atoms with Gasteiger partial charge in [0.05, 0.1) is 36.7 Å². The molecule has 1 aromatic heterocycles. The van der Waals surface area contributed by atoms with Gasteiger partial charge in [-0.25, -0.2) is 9.48 Å². The number of hydrogen-bond donors (Lipinski definition) is 5. The highest BCUT2D eigenvalue weighted by molar-refractivity contribution is 7.51. The van der Waals surface area contributed by atoms with Crippen LogP contribution in [0.3, 0.4) is 0 Å². The van der Waals surface area contributed by atoms with Crippen molar-refractivity contribution in [2.45, 2.75) is 57.7 Å². The van der Waals surface area contributed by atoms with Crippen LogP contribution >= 0.6 is 7.60 Å². The third-order valence-corrected chi connectivity index (χ3v) is 9.73. The Morgan fingerprint density at radius 1 is 0.862 bits per heavy atom. The smallest absolute Gasteiger partial charge is 0.335 e. The van der Waals surface area contributed by atoms with Crippen LogP contribution < -0.4 is 20.3 Å². The number of aromatic carboxylic acids is 1. The first-order chi connectivity index (χ1) is 27.9. The Labute approximate surface area is 335 Å². The van der Waals surface area contributed by atoms with E-state index in [0.29, 0.717) is 56.1 Å². The van der Waals surface area contributed by atoms with Crippen LogP contribution in [0.15, 0.2) is 72.8 Å². The summed E-state index contributed by atoms with van der Waals surface area (Å²) in [5.41, 5.74) is 4.83. The van der Waals surface area contributed by atoms with E-state index < -0.39 is 25.6 Å². The first-order valence-electron chi connectivity index (χ1n) is 19.0. The molecule has 1 aliphatic rings. The summed E-state index contributed by atoms with van der Waals surface area (Å²) in [4.78, 5) is 60.6. The molecule has 3 aromatic carbocycles. The molecule has 0 spiro atoms. The fraction of sp³-hybridized carbons (Fsp3) is 0.400. The second-order valence-electron chi connectivity index (χ2n) is 13.7. The van der Waals surface area contributed by atoms with Crippen molar-refractivity contribution in [2.24, 2.45) is 0 Å². The number of hydrogen-bond acceptors (Lipinski definition) is 11. The molecule has 0 bridgehead atoms. The molecule has 5 rings (SSSR count). The number of aliphatic hydroxyl groups is 1. The number of para-hydroxylation sites is 1. The zero-order valence-electron chi connectivity index (χ0n) is 32.2. The van der Waals surface area contributed by atoms with Crippen LogP contribution in [0.1, 0.15) is 54.4 Å². The number of carboxylic acids is 1. The molecule has 17 nitrogen and oxygen atoms in total. The second kappa shape index (κ2) is 21.3. The number of carbonyl (C=O) groups is 4. The quantitative estimate of drug-likeness (QED) is 0.0558. The molecule has 0 fully saturated rings. The summed E-state index contributed by atoms with van der Waals surface area (Å²) in [5.74, 6) is -1.40. The predicted octanol–water partition coefficient (Wildman–Crippen LogP) is 4.02. The monoisotopic (exact) mass is 820 g/mol. The normalized spacial score (nSPS) is 13.5. The van der Waals surface area contributed by atoms with Gasteiger partial charge in [0, 0.05) is 56.9 Å². The molecule has 2 heterocycles. The van der Waals surface area contributed by atoms with Crippen molar-refractivity contribution in [1.82, 2.24) is 25.6 Å². The summed E-state index contributed by atoms with van der Waals surface area (Å²) in [7, 11) is -3.66. The Morgan fingerprint density at radius 2 is 1.59 bits per heavy atom. The number of aliphatic hydroxyl groups excluding tert-OH is 1. The number of aromatic nitrogens is 3. The highest BCUT2D eigenvalue weighted by Gasteiger charge is 2.29. The molecule has 2 atom stereocenters. The van der Waals surface area contributed by atoms with Crippen molar-refractivity contribution in [3.63, 3.8) is 0 Å². The molecule has 0 saturated carbocycles. The van der Waals surface area contributed by atoms with Crippen LogP contribution in [-0.2, 0) is 41.3 Å². The maximum absolute atomic E-state index is 13.8. The SMILES string of the molecule is CP(=O)(O)OCC(O)COCCCNC(=O)CCCCCn1nnc2c1-c1ccccc1CN(C(=O)CCNC(=O)COc1ccc(C(=O)O)cc1)c1ccccc1-2. The second-order valence-corrected chi connectivity index (χ2v) is 15.6. The maximum Gasteiger partial charge on any atom is 0.335 e. The van der Waals surface area contributed by atoms with Crippen molar-refractivity contribution in [3.05, 3.63) is 83.9 Å². The maximum atomic E-state index is 13.8. The number of fused-ring (bicyclic) bond motifs is 5. The average molecular weight is 821 g/mol. The molecule has 18 heteroatoms. The summed E-state index contributed by atoms with van der Waals surface area (Å²) in [6.45, 7) is 2.07. The lowest BCUT2D eigenvalue weighted by Crippen LogP contribution is -2.36. The Balaban J connectivity index is 1.11. The molecule has 310 valence electrons. The Morgan fingerprint density at radius 3 is 2.34 bits per heavy atom. The van der Waals surface area contributed by atoms with Gasteiger partial charge in [0.2, 0.25) is 11.8 Å². The number of carboxylic acid groups (broad SMARTS) is 1. The number of benzene rings is 3. The topological polar surface area (TPSA) is 232 Å². The minimum Gasteiger partial charge on any atom is -0.484 e. The molecular weight excluding hydrogens is 771 g/mol. The fourth-order valence-electron chi connectivity index (χ4n) is 6.24. The number of unbranched alkanes of at least 4 members (excludes halogenated alkanes) is 2. The van der Waals surface area contributed by atoms with Gasteiger partial charge in [-0.05, 0) is 55.2 Å². The minimum absolute atomic E-state index is 0.0288. The van der Waals surface area contributed by atoms with E-state index in [2.05, 4.69) is 25.5 Å².